The van der Waals surface area contributed by atoms with Gasteiger partial charge in [0.2, 0.25) is 10.0 Å². The predicted molar refractivity (Wildman–Crippen MR) is 70.1 cm³/mol. The summed E-state index contributed by atoms with van der Waals surface area (Å²) < 4.78 is 52.4. The fraction of sp³-hybridized carbons (Fsp3) is 0.462. The van der Waals surface area contributed by atoms with Gasteiger partial charge in [0.05, 0.1) is 0 Å². The summed E-state index contributed by atoms with van der Waals surface area (Å²) in [4.78, 5) is 9.84. The Morgan fingerprint density at radius 2 is 2.10 bits per heavy atom. The first-order chi connectivity index (χ1) is 9.80. The molecule has 1 aromatic carbocycles. The fourth-order valence-electron chi connectivity index (χ4n) is 2.39. The van der Waals surface area contributed by atoms with Gasteiger partial charge in [0.15, 0.2) is 0 Å². The molecule has 1 aliphatic heterocycles. The lowest BCUT2D eigenvalue weighted by Gasteiger charge is -2.17. The van der Waals surface area contributed by atoms with Gasteiger partial charge in [-0.3, -0.25) is 4.79 Å². The number of carboxylic acids is 1. The Kier molecular flexibility index (Phi) is 4.58. The van der Waals surface area contributed by atoms with Gasteiger partial charge in [0.1, 0.15) is 16.5 Å². The Hall–Kier alpha value is -1.54. The summed E-state index contributed by atoms with van der Waals surface area (Å²) in [6.07, 6.45) is 0.851. The van der Waals surface area contributed by atoms with E-state index in [-0.39, 0.29) is 25.4 Å². The lowest BCUT2D eigenvalue weighted by molar-refractivity contribution is -0.137. The highest BCUT2D eigenvalue weighted by Crippen LogP contribution is 2.28. The number of sulfonamides is 1. The van der Waals surface area contributed by atoms with Crippen LogP contribution in [0.1, 0.15) is 19.3 Å². The molecule has 1 saturated heterocycles. The molecular formula is C13H15F2NO4S. The molecule has 1 N–H and O–H groups in total. The molecule has 0 aliphatic carbocycles. The van der Waals surface area contributed by atoms with Crippen LogP contribution < -0.4 is 0 Å². The molecule has 1 aromatic rings. The third-order valence-corrected chi connectivity index (χ3v) is 5.41. The van der Waals surface area contributed by atoms with Crippen molar-refractivity contribution in [3.63, 3.8) is 0 Å². The number of rotatable bonds is 5. The van der Waals surface area contributed by atoms with Crippen molar-refractivity contribution >= 4 is 16.0 Å². The summed E-state index contributed by atoms with van der Waals surface area (Å²) in [7, 11) is -4.09. The van der Waals surface area contributed by atoms with Crippen LogP contribution in [0.5, 0.6) is 0 Å². The Balaban J connectivity index is 2.14. The number of carbonyl (C=O) groups is 1. The maximum Gasteiger partial charge on any atom is 0.303 e. The molecule has 8 heteroatoms. The second-order valence-corrected chi connectivity index (χ2v) is 6.93. The molecule has 116 valence electrons. The van der Waals surface area contributed by atoms with E-state index < -0.39 is 32.5 Å². The van der Waals surface area contributed by atoms with Gasteiger partial charge in [-0.15, -0.1) is 0 Å². The minimum Gasteiger partial charge on any atom is -0.481 e. The Bertz CT molecular complexity index is 648. The third-order valence-electron chi connectivity index (χ3n) is 3.53. The summed E-state index contributed by atoms with van der Waals surface area (Å²) in [5, 5.41) is 8.62. The zero-order valence-corrected chi connectivity index (χ0v) is 11.9. The van der Waals surface area contributed by atoms with E-state index in [0.29, 0.717) is 18.9 Å². The average Bonchev–Trinajstić information content (AvgIpc) is 2.88. The lowest BCUT2D eigenvalue weighted by atomic mass is 10.0. The summed E-state index contributed by atoms with van der Waals surface area (Å²) in [5.41, 5.74) is 0. The summed E-state index contributed by atoms with van der Waals surface area (Å²) in [5.74, 6) is -2.83. The van der Waals surface area contributed by atoms with Gasteiger partial charge in [-0.2, -0.15) is 4.31 Å². The van der Waals surface area contributed by atoms with Gasteiger partial charge >= 0.3 is 5.97 Å². The number of aliphatic carboxylic acids is 1. The first-order valence-corrected chi connectivity index (χ1v) is 7.91. The first kappa shape index (κ1) is 15.8. The van der Waals surface area contributed by atoms with Crippen molar-refractivity contribution < 1.29 is 27.1 Å². The lowest BCUT2D eigenvalue weighted by Crippen LogP contribution is -2.29. The molecular weight excluding hydrogens is 304 g/mol. The number of carboxylic acid groups (broad SMARTS) is 1. The van der Waals surface area contributed by atoms with Crippen molar-refractivity contribution in [1.82, 2.24) is 4.31 Å². The van der Waals surface area contributed by atoms with Crippen LogP contribution in [0, 0.1) is 17.6 Å². The van der Waals surface area contributed by atoms with E-state index in [4.69, 9.17) is 5.11 Å². The SMILES string of the molecule is O=C(O)CCC1CCN(S(=O)(=O)c2cc(F)ccc2F)C1. The van der Waals surface area contributed by atoms with Gasteiger partial charge < -0.3 is 5.11 Å². The maximum absolute atomic E-state index is 13.6. The quantitative estimate of drug-likeness (QED) is 0.898. The van der Waals surface area contributed by atoms with Gasteiger partial charge in [-0.1, -0.05) is 0 Å². The molecule has 0 amide bonds. The van der Waals surface area contributed by atoms with Gasteiger partial charge in [-0.05, 0) is 37.0 Å². The summed E-state index contributed by atoms with van der Waals surface area (Å²) in [6, 6.07) is 2.30. The molecule has 2 rings (SSSR count). The normalized spacial score (nSPS) is 19.8. The Morgan fingerprint density at radius 3 is 2.76 bits per heavy atom. The van der Waals surface area contributed by atoms with E-state index in [2.05, 4.69) is 0 Å². The number of benzene rings is 1. The molecule has 0 aromatic heterocycles. The molecule has 1 heterocycles. The number of hydrogen-bond acceptors (Lipinski definition) is 3. The van der Waals surface area contributed by atoms with E-state index in [9.17, 15) is 22.0 Å². The van der Waals surface area contributed by atoms with Crippen molar-refractivity contribution in [2.24, 2.45) is 5.92 Å². The monoisotopic (exact) mass is 319 g/mol. The van der Waals surface area contributed by atoms with Crippen LogP contribution in [0.25, 0.3) is 0 Å². The zero-order chi connectivity index (χ0) is 15.6. The van der Waals surface area contributed by atoms with Gasteiger partial charge in [0, 0.05) is 19.5 Å². The smallest absolute Gasteiger partial charge is 0.303 e. The van der Waals surface area contributed by atoms with E-state index in [1.54, 1.807) is 0 Å². The molecule has 0 spiro atoms. The van der Waals surface area contributed by atoms with E-state index in [1.807, 2.05) is 0 Å². The highest BCUT2D eigenvalue weighted by Gasteiger charge is 2.34. The minimum absolute atomic E-state index is 0.0348. The number of hydrogen-bond donors (Lipinski definition) is 1. The number of nitrogens with zero attached hydrogens (tertiary/aromatic N) is 1. The minimum atomic E-state index is -4.09. The van der Waals surface area contributed by atoms with E-state index in [0.717, 1.165) is 16.4 Å². The van der Waals surface area contributed by atoms with Crippen molar-refractivity contribution in [2.75, 3.05) is 13.1 Å². The molecule has 1 unspecified atom stereocenters. The van der Waals surface area contributed by atoms with Crippen molar-refractivity contribution in [1.29, 1.82) is 0 Å². The first-order valence-electron chi connectivity index (χ1n) is 6.47. The van der Waals surface area contributed by atoms with Crippen LogP contribution in [-0.4, -0.2) is 36.9 Å². The molecule has 0 bridgehead atoms. The molecule has 1 atom stereocenters. The largest absolute Gasteiger partial charge is 0.481 e. The Labute approximate surface area is 121 Å². The maximum atomic E-state index is 13.6. The molecule has 21 heavy (non-hydrogen) atoms. The molecule has 5 nitrogen and oxygen atoms in total. The van der Waals surface area contributed by atoms with Crippen molar-refractivity contribution in [3.8, 4) is 0 Å². The van der Waals surface area contributed by atoms with Crippen LogP contribution in [0.4, 0.5) is 8.78 Å². The second kappa shape index (κ2) is 6.07. The summed E-state index contributed by atoms with van der Waals surface area (Å²) >= 11 is 0. The molecule has 1 fully saturated rings. The van der Waals surface area contributed by atoms with Crippen LogP contribution >= 0.6 is 0 Å². The second-order valence-electron chi connectivity index (χ2n) is 5.02. The molecule has 1 aliphatic rings. The van der Waals surface area contributed by atoms with Crippen molar-refractivity contribution in [2.45, 2.75) is 24.2 Å². The average molecular weight is 319 g/mol. The Morgan fingerprint density at radius 1 is 1.38 bits per heavy atom. The highest BCUT2D eigenvalue weighted by molar-refractivity contribution is 7.89. The van der Waals surface area contributed by atoms with Gasteiger partial charge in [-0.25, -0.2) is 17.2 Å². The third kappa shape index (κ3) is 3.56. The number of halogens is 2. The van der Waals surface area contributed by atoms with Crippen molar-refractivity contribution in [3.05, 3.63) is 29.8 Å². The summed E-state index contributed by atoms with van der Waals surface area (Å²) in [6.45, 7) is 0.314. The van der Waals surface area contributed by atoms with Gasteiger partial charge in [0.25, 0.3) is 0 Å². The topological polar surface area (TPSA) is 74.7 Å². The molecule has 0 saturated carbocycles. The standard InChI is InChI=1S/C13H15F2NO4S/c14-10-2-3-11(15)12(7-10)21(19,20)16-6-5-9(8-16)1-4-13(17)18/h2-3,7,9H,1,4-6,8H2,(H,17,18). The van der Waals surface area contributed by atoms with E-state index >= 15 is 0 Å². The highest BCUT2D eigenvalue weighted by atomic mass is 32.2. The fourth-order valence-corrected chi connectivity index (χ4v) is 4.00. The van der Waals surface area contributed by atoms with Crippen LogP contribution in [-0.2, 0) is 14.8 Å². The van der Waals surface area contributed by atoms with E-state index in [1.165, 1.54) is 0 Å². The van der Waals surface area contributed by atoms with Crippen LogP contribution in [0.15, 0.2) is 23.1 Å². The molecule has 0 radical (unpaired) electrons. The zero-order valence-electron chi connectivity index (χ0n) is 11.1. The predicted octanol–water partition coefficient (Wildman–Crippen LogP) is 1.84. The van der Waals surface area contributed by atoms with Crippen LogP contribution in [0.2, 0.25) is 0 Å². The van der Waals surface area contributed by atoms with Crippen LogP contribution in [0.3, 0.4) is 0 Å².